The number of para-hydroxylation sites is 1. The van der Waals surface area contributed by atoms with Gasteiger partial charge in [0.05, 0.1) is 12.0 Å². The number of carbonyl (C=O) groups excluding carboxylic acids is 2. The number of benzene rings is 2. The number of nitrogens with one attached hydrogen (secondary N) is 1. The van der Waals surface area contributed by atoms with E-state index in [0.717, 1.165) is 22.0 Å². The van der Waals surface area contributed by atoms with E-state index in [1.54, 1.807) is 17.0 Å². The van der Waals surface area contributed by atoms with Gasteiger partial charge in [-0.1, -0.05) is 69.6 Å². The second-order valence-corrected chi connectivity index (χ2v) is 11.4. The van der Waals surface area contributed by atoms with E-state index in [9.17, 15) is 14.7 Å². The molecule has 1 aliphatic heterocycles. The zero-order chi connectivity index (χ0) is 26.3. The van der Waals surface area contributed by atoms with Crippen LogP contribution in [0.25, 0.3) is 10.9 Å². The molecule has 0 radical (unpaired) electrons. The number of halogens is 1. The Labute approximate surface area is 218 Å². The van der Waals surface area contributed by atoms with Gasteiger partial charge in [0.2, 0.25) is 11.8 Å². The van der Waals surface area contributed by atoms with Gasteiger partial charge in [-0.15, -0.1) is 0 Å². The monoisotopic (exact) mass is 509 g/mol. The van der Waals surface area contributed by atoms with Crippen LogP contribution in [0.2, 0.25) is 5.02 Å². The summed E-state index contributed by atoms with van der Waals surface area (Å²) in [6.07, 6.45) is 2.59. The molecule has 36 heavy (non-hydrogen) atoms. The molecule has 3 aromatic rings. The van der Waals surface area contributed by atoms with Gasteiger partial charge in [-0.3, -0.25) is 9.59 Å². The molecule has 1 saturated heterocycles. The van der Waals surface area contributed by atoms with Gasteiger partial charge in [-0.2, -0.15) is 0 Å². The minimum absolute atomic E-state index is 0.0749. The van der Waals surface area contributed by atoms with Crippen LogP contribution in [0.15, 0.2) is 54.7 Å². The smallest absolute Gasteiger partial charge is 0.245 e. The highest BCUT2D eigenvalue weighted by atomic mass is 35.5. The minimum Gasteiger partial charge on any atom is -0.384 e. The molecule has 0 unspecified atom stereocenters. The first-order valence-electron chi connectivity index (χ1n) is 12.5. The van der Waals surface area contributed by atoms with Gasteiger partial charge in [0.15, 0.2) is 0 Å². The zero-order valence-electron chi connectivity index (χ0n) is 21.7. The third-order valence-corrected chi connectivity index (χ3v) is 7.91. The van der Waals surface area contributed by atoms with Crippen molar-refractivity contribution in [2.24, 2.45) is 18.4 Å². The summed E-state index contributed by atoms with van der Waals surface area (Å²) in [6.45, 7) is 8.63. The Kier molecular flexibility index (Phi) is 7.22. The van der Waals surface area contributed by atoms with E-state index in [-0.39, 0.29) is 24.2 Å². The lowest BCUT2D eigenvalue weighted by Crippen LogP contribution is -2.60. The molecule has 4 rings (SSSR count). The Balaban J connectivity index is 1.47. The fourth-order valence-electron chi connectivity index (χ4n) is 5.45. The highest BCUT2D eigenvalue weighted by Crippen LogP contribution is 2.46. The molecule has 1 aliphatic rings. The first-order valence-corrected chi connectivity index (χ1v) is 12.9. The highest BCUT2D eigenvalue weighted by Gasteiger charge is 2.50. The predicted molar refractivity (Wildman–Crippen MR) is 144 cm³/mol. The van der Waals surface area contributed by atoms with Crippen LogP contribution >= 0.6 is 11.6 Å². The summed E-state index contributed by atoms with van der Waals surface area (Å²) in [5.74, 6) is -0.357. The van der Waals surface area contributed by atoms with Crippen LogP contribution in [0.5, 0.6) is 0 Å². The van der Waals surface area contributed by atoms with Crippen molar-refractivity contribution in [3.05, 3.63) is 70.9 Å². The topological polar surface area (TPSA) is 74.6 Å². The molecular formula is C29H36ClN3O3. The van der Waals surface area contributed by atoms with E-state index in [4.69, 9.17) is 11.6 Å². The lowest BCUT2D eigenvalue weighted by molar-refractivity contribution is -0.156. The number of nitrogens with zero attached hydrogens (tertiary/aromatic N) is 2. The SMILES string of the molecule is CC(C)[C@@H](NC(=O)Cc1cn(C)c2ccccc12)C(=O)N1CC[C@](O)(c2ccc(Cl)cc2)C(C)(C)C1. The number of aromatic nitrogens is 1. The first-order chi connectivity index (χ1) is 16.9. The number of carbonyl (C=O) groups is 2. The predicted octanol–water partition coefficient (Wildman–Crippen LogP) is 4.66. The van der Waals surface area contributed by atoms with E-state index < -0.39 is 17.1 Å². The van der Waals surface area contributed by atoms with E-state index in [1.807, 2.05) is 81.9 Å². The number of aliphatic hydroxyl groups is 1. The van der Waals surface area contributed by atoms with Crippen LogP contribution < -0.4 is 5.32 Å². The molecular weight excluding hydrogens is 474 g/mol. The molecule has 2 amide bonds. The van der Waals surface area contributed by atoms with Crippen molar-refractivity contribution in [2.75, 3.05) is 13.1 Å². The quantitative estimate of drug-likeness (QED) is 0.507. The van der Waals surface area contributed by atoms with Crippen molar-refractivity contribution >= 4 is 34.3 Å². The fourth-order valence-corrected chi connectivity index (χ4v) is 5.57. The van der Waals surface area contributed by atoms with E-state index in [0.29, 0.717) is 24.5 Å². The fraction of sp³-hybridized carbons (Fsp3) is 0.448. The number of aryl methyl sites for hydroxylation is 1. The maximum Gasteiger partial charge on any atom is 0.245 e. The molecule has 192 valence electrons. The summed E-state index contributed by atoms with van der Waals surface area (Å²) in [7, 11) is 1.97. The van der Waals surface area contributed by atoms with Crippen LogP contribution in [-0.2, 0) is 28.7 Å². The zero-order valence-corrected chi connectivity index (χ0v) is 22.5. The average Bonchev–Trinajstić information content (AvgIpc) is 3.14. The van der Waals surface area contributed by atoms with Gasteiger partial charge in [0.25, 0.3) is 0 Å². The molecule has 1 aromatic heterocycles. The number of piperidine rings is 1. The number of likely N-dealkylation sites (tertiary alicyclic amines) is 1. The van der Waals surface area contributed by atoms with Crippen molar-refractivity contribution < 1.29 is 14.7 Å². The Bertz CT molecular complexity index is 1260. The third kappa shape index (κ3) is 4.89. The Morgan fingerprint density at radius 1 is 1.11 bits per heavy atom. The number of fused-ring (bicyclic) bond motifs is 1. The Morgan fingerprint density at radius 2 is 1.78 bits per heavy atom. The summed E-state index contributed by atoms with van der Waals surface area (Å²) in [6, 6.07) is 14.6. The van der Waals surface area contributed by atoms with Crippen molar-refractivity contribution in [3.63, 3.8) is 0 Å². The second-order valence-electron chi connectivity index (χ2n) is 11.0. The molecule has 1 fully saturated rings. The van der Waals surface area contributed by atoms with Crippen molar-refractivity contribution in [1.82, 2.24) is 14.8 Å². The van der Waals surface area contributed by atoms with E-state index in [2.05, 4.69) is 5.32 Å². The summed E-state index contributed by atoms with van der Waals surface area (Å²) in [5.41, 5.74) is 1.13. The third-order valence-electron chi connectivity index (χ3n) is 7.66. The number of hydrogen-bond donors (Lipinski definition) is 2. The van der Waals surface area contributed by atoms with E-state index >= 15 is 0 Å². The van der Waals surface area contributed by atoms with Crippen molar-refractivity contribution in [2.45, 2.75) is 52.2 Å². The Morgan fingerprint density at radius 3 is 2.42 bits per heavy atom. The van der Waals surface area contributed by atoms with Gasteiger partial charge >= 0.3 is 0 Å². The van der Waals surface area contributed by atoms with Crippen LogP contribution in [0.3, 0.4) is 0 Å². The molecule has 2 atom stereocenters. The first kappa shape index (κ1) is 26.2. The van der Waals surface area contributed by atoms with E-state index in [1.165, 1.54) is 0 Å². The molecule has 0 aliphatic carbocycles. The largest absolute Gasteiger partial charge is 0.384 e. The van der Waals surface area contributed by atoms with Gasteiger partial charge in [-0.25, -0.2) is 0 Å². The number of rotatable bonds is 6. The normalized spacial score (nSPS) is 20.5. The van der Waals surface area contributed by atoms with Gasteiger partial charge in [0, 0.05) is 47.7 Å². The second kappa shape index (κ2) is 9.91. The summed E-state index contributed by atoms with van der Waals surface area (Å²) >= 11 is 6.05. The van der Waals surface area contributed by atoms with Crippen molar-refractivity contribution in [1.29, 1.82) is 0 Å². The number of hydrogen-bond acceptors (Lipinski definition) is 3. The van der Waals surface area contributed by atoms with Crippen molar-refractivity contribution in [3.8, 4) is 0 Å². The lowest BCUT2D eigenvalue weighted by atomic mass is 9.66. The molecule has 0 spiro atoms. The van der Waals surface area contributed by atoms with Gasteiger partial charge < -0.3 is 19.9 Å². The summed E-state index contributed by atoms with van der Waals surface area (Å²) < 4.78 is 2.01. The summed E-state index contributed by atoms with van der Waals surface area (Å²) in [5, 5.41) is 16.3. The molecule has 2 N–H and O–H groups in total. The number of amides is 2. The highest BCUT2D eigenvalue weighted by molar-refractivity contribution is 6.30. The maximum absolute atomic E-state index is 13.6. The molecule has 6 nitrogen and oxygen atoms in total. The van der Waals surface area contributed by atoms with Crippen LogP contribution in [0, 0.1) is 11.3 Å². The summed E-state index contributed by atoms with van der Waals surface area (Å²) in [4.78, 5) is 28.5. The minimum atomic E-state index is -1.08. The molecule has 0 saturated carbocycles. The lowest BCUT2D eigenvalue weighted by Gasteiger charge is -2.51. The molecule has 2 aromatic carbocycles. The molecule has 0 bridgehead atoms. The standard InChI is InChI=1S/C29H36ClN3O3/c1-19(2)26(31-25(34)16-20-17-32(5)24-9-7-6-8-23(20)24)27(35)33-15-14-29(36,28(3,4)18-33)21-10-12-22(30)13-11-21/h6-13,17,19,26,36H,14-16,18H2,1-5H3,(H,31,34)/t26-,29+/m1/s1. The van der Waals surface area contributed by atoms with Crippen LogP contribution in [-0.4, -0.2) is 45.5 Å². The van der Waals surface area contributed by atoms with Gasteiger partial charge in [0.1, 0.15) is 6.04 Å². The molecule has 7 heteroatoms. The average molecular weight is 510 g/mol. The van der Waals surface area contributed by atoms with Crippen LogP contribution in [0.1, 0.15) is 45.2 Å². The van der Waals surface area contributed by atoms with Gasteiger partial charge in [-0.05, 0) is 41.7 Å². The molecule has 2 heterocycles. The van der Waals surface area contributed by atoms with Crippen LogP contribution in [0.4, 0.5) is 0 Å². The Hall–Kier alpha value is -2.83. The maximum atomic E-state index is 13.6.